The zero-order valence-corrected chi connectivity index (χ0v) is 11.5. The highest BCUT2D eigenvalue weighted by atomic mass is 16.5. The summed E-state index contributed by atoms with van der Waals surface area (Å²) >= 11 is 0. The molecule has 1 aromatic rings. The summed E-state index contributed by atoms with van der Waals surface area (Å²) in [4.78, 5) is 18.3. The summed E-state index contributed by atoms with van der Waals surface area (Å²) in [5.74, 6) is 0.00704. The van der Waals surface area contributed by atoms with Crippen molar-refractivity contribution in [2.45, 2.75) is 25.7 Å². The van der Waals surface area contributed by atoms with E-state index in [4.69, 9.17) is 4.74 Å². The first kappa shape index (κ1) is 13.4. The molecule has 2 fully saturated rings. The van der Waals surface area contributed by atoms with Crippen molar-refractivity contribution in [1.29, 1.82) is 0 Å². The molecular formula is C15H20N2O3. The fraction of sp³-hybridized carbons (Fsp3) is 0.600. The molecule has 3 heterocycles. The van der Waals surface area contributed by atoms with Gasteiger partial charge in [-0.3, -0.25) is 9.78 Å². The minimum Gasteiger partial charge on any atom is -0.506 e. The molecule has 3 rings (SSSR count). The number of pyridine rings is 1. The van der Waals surface area contributed by atoms with E-state index >= 15 is 0 Å². The number of hydrogen-bond donors (Lipinski definition) is 1. The van der Waals surface area contributed by atoms with Crippen LogP contribution in [0.5, 0.6) is 5.75 Å². The molecule has 2 saturated heterocycles. The van der Waals surface area contributed by atoms with E-state index in [0.717, 1.165) is 45.6 Å². The van der Waals surface area contributed by atoms with Crippen LogP contribution in [-0.2, 0) is 4.74 Å². The third-order valence-corrected chi connectivity index (χ3v) is 4.47. The van der Waals surface area contributed by atoms with E-state index < -0.39 is 0 Å². The van der Waals surface area contributed by atoms with Crippen molar-refractivity contribution in [2.75, 3.05) is 26.3 Å². The molecule has 2 aliphatic heterocycles. The SMILES string of the molecule is O=C(c1cncc(O)c1)N1CCCC2(CCOCC2)C1. The number of hydrogen-bond acceptors (Lipinski definition) is 4. The lowest BCUT2D eigenvalue weighted by molar-refractivity contribution is -0.0229. The molecule has 20 heavy (non-hydrogen) atoms. The lowest BCUT2D eigenvalue weighted by atomic mass is 9.74. The second kappa shape index (κ2) is 5.40. The second-order valence-corrected chi connectivity index (χ2v) is 5.87. The molecule has 0 unspecified atom stereocenters. The maximum Gasteiger partial charge on any atom is 0.255 e. The van der Waals surface area contributed by atoms with Crippen molar-refractivity contribution < 1.29 is 14.6 Å². The van der Waals surface area contributed by atoms with Gasteiger partial charge < -0.3 is 14.7 Å². The van der Waals surface area contributed by atoms with Gasteiger partial charge in [0.25, 0.3) is 5.91 Å². The summed E-state index contributed by atoms with van der Waals surface area (Å²) in [7, 11) is 0. The van der Waals surface area contributed by atoms with Crippen LogP contribution in [-0.4, -0.2) is 47.2 Å². The van der Waals surface area contributed by atoms with Crippen LogP contribution in [0.1, 0.15) is 36.0 Å². The first-order valence-corrected chi connectivity index (χ1v) is 7.20. The Morgan fingerprint density at radius 3 is 2.85 bits per heavy atom. The van der Waals surface area contributed by atoms with E-state index in [9.17, 15) is 9.90 Å². The quantitative estimate of drug-likeness (QED) is 0.850. The Balaban J connectivity index is 1.74. The Hall–Kier alpha value is -1.62. The van der Waals surface area contributed by atoms with Crippen LogP contribution >= 0.6 is 0 Å². The Labute approximate surface area is 118 Å². The Kier molecular flexibility index (Phi) is 3.61. The summed E-state index contributed by atoms with van der Waals surface area (Å²) in [5, 5.41) is 9.45. The number of aromatic nitrogens is 1. The lowest BCUT2D eigenvalue weighted by Gasteiger charge is -2.45. The summed E-state index contributed by atoms with van der Waals surface area (Å²) in [6, 6.07) is 1.49. The van der Waals surface area contributed by atoms with Gasteiger partial charge in [0.15, 0.2) is 0 Å². The molecule has 1 amide bonds. The van der Waals surface area contributed by atoms with Crippen LogP contribution in [0.2, 0.25) is 0 Å². The molecule has 0 aliphatic carbocycles. The average Bonchev–Trinajstić information content (AvgIpc) is 2.47. The van der Waals surface area contributed by atoms with Gasteiger partial charge in [0.05, 0.1) is 11.8 Å². The van der Waals surface area contributed by atoms with E-state index in [-0.39, 0.29) is 17.1 Å². The van der Waals surface area contributed by atoms with Crippen molar-refractivity contribution in [1.82, 2.24) is 9.88 Å². The van der Waals surface area contributed by atoms with Crippen LogP contribution < -0.4 is 0 Å². The van der Waals surface area contributed by atoms with E-state index in [0.29, 0.717) is 5.56 Å². The molecule has 108 valence electrons. The average molecular weight is 276 g/mol. The van der Waals surface area contributed by atoms with Gasteiger partial charge in [-0.05, 0) is 37.2 Å². The zero-order valence-electron chi connectivity index (χ0n) is 11.5. The van der Waals surface area contributed by atoms with Gasteiger partial charge in [-0.25, -0.2) is 0 Å². The number of carbonyl (C=O) groups excluding carboxylic acids is 1. The molecule has 0 atom stereocenters. The highest BCUT2D eigenvalue weighted by molar-refractivity contribution is 5.94. The smallest absolute Gasteiger partial charge is 0.255 e. The van der Waals surface area contributed by atoms with Crippen molar-refractivity contribution in [3.05, 3.63) is 24.0 Å². The second-order valence-electron chi connectivity index (χ2n) is 5.87. The molecule has 0 radical (unpaired) electrons. The molecule has 1 spiro atoms. The van der Waals surface area contributed by atoms with Gasteiger partial charge in [0.1, 0.15) is 5.75 Å². The van der Waals surface area contributed by atoms with Crippen LogP contribution in [0.25, 0.3) is 0 Å². The molecule has 5 heteroatoms. The van der Waals surface area contributed by atoms with E-state index in [1.165, 1.54) is 24.9 Å². The van der Waals surface area contributed by atoms with E-state index in [1.54, 1.807) is 0 Å². The van der Waals surface area contributed by atoms with Crippen LogP contribution in [0, 0.1) is 5.41 Å². The minimum atomic E-state index is -0.0287. The van der Waals surface area contributed by atoms with Gasteiger partial charge in [-0.2, -0.15) is 0 Å². The van der Waals surface area contributed by atoms with Crippen molar-refractivity contribution >= 4 is 5.91 Å². The zero-order chi connectivity index (χ0) is 14.0. The van der Waals surface area contributed by atoms with Gasteiger partial charge >= 0.3 is 0 Å². The summed E-state index contributed by atoms with van der Waals surface area (Å²) in [5.41, 5.74) is 0.699. The first-order chi connectivity index (χ1) is 9.69. The number of aromatic hydroxyl groups is 1. The first-order valence-electron chi connectivity index (χ1n) is 7.20. The highest BCUT2D eigenvalue weighted by Crippen LogP contribution is 2.39. The topological polar surface area (TPSA) is 62.7 Å². The largest absolute Gasteiger partial charge is 0.506 e. The number of carbonyl (C=O) groups is 1. The fourth-order valence-corrected chi connectivity index (χ4v) is 3.32. The standard InChI is InChI=1S/C15H20N2O3/c18-13-8-12(9-16-10-13)14(19)17-5-1-2-15(11-17)3-6-20-7-4-15/h8-10,18H,1-7,11H2. The Morgan fingerprint density at radius 1 is 1.30 bits per heavy atom. The molecule has 5 nitrogen and oxygen atoms in total. The van der Waals surface area contributed by atoms with Crippen molar-refractivity contribution in [3.63, 3.8) is 0 Å². The summed E-state index contributed by atoms with van der Waals surface area (Å²) < 4.78 is 5.45. The number of rotatable bonds is 1. The number of likely N-dealkylation sites (tertiary alicyclic amines) is 1. The third-order valence-electron chi connectivity index (χ3n) is 4.47. The summed E-state index contributed by atoms with van der Waals surface area (Å²) in [6.07, 6.45) is 7.15. The van der Waals surface area contributed by atoms with Crippen LogP contribution in [0.3, 0.4) is 0 Å². The number of nitrogens with zero attached hydrogens (tertiary/aromatic N) is 2. The molecule has 0 aromatic carbocycles. The predicted octanol–water partition coefficient (Wildman–Crippen LogP) is 1.82. The van der Waals surface area contributed by atoms with Gasteiger partial charge in [-0.1, -0.05) is 0 Å². The monoisotopic (exact) mass is 276 g/mol. The molecular weight excluding hydrogens is 256 g/mol. The normalized spacial score (nSPS) is 21.9. The van der Waals surface area contributed by atoms with Gasteiger partial charge in [0, 0.05) is 32.5 Å². The van der Waals surface area contributed by atoms with Crippen LogP contribution in [0.4, 0.5) is 0 Å². The highest BCUT2D eigenvalue weighted by Gasteiger charge is 2.38. The maximum absolute atomic E-state index is 12.5. The molecule has 1 N–H and O–H groups in total. The van der Waals surface area contributed by atoms with Crippen LogP contribution in [0.15, 0.2) is 18.5 Å². The molecule has 0 saturated carbocycles. The third kappa shape index (κ3) is 2.63. The summed E-state index contributed by atoms with van der Waals surface area (Å²) in [6.45, 7) is 3.19. The van der Waals surface area contributed by atoms with Gasteiger partial charge in [0.2, 0.25) is 0 Å². The van der Waals surface area contributed by atoms with E-state index in [1.807, 2.05) is 4.90 Å². The maximum atomic E-state index is 12.5. The lowest BCUT2D eigenvalue weighted by Crippen LogP contribution is -2.48. The fourth-order valence-electron chi connectivity index (χ4n) is 3.32. The van der Waals surface area contributed by atoms with Gasteiger partial charge in [-0.15, -0.1) is 0 Å². The number of ether oxygens (including phenoxy) is 1. The van der Waals surface area contributed by atoms with E-state index in [2.05, 4.69) is 4.98 Å². The molecule has 0 bridgehead atoms. The molecule has 1 aromatic heterocycles. The Morgan fingerprint density at radius 2 is 2.10 bits per heavy atom. The van der Waals surface area contributed by atoms with Crippen molar-refractivity contribution in [2.24, 2.45) is 5.41 Å². The minimum absolute atomic E-state index is 0.0287. The number of amides is 1. The van der Waals surface area contributed by atoms with Crippen molar-refractivity contribution in [3.8, 4) is 5.75 Å². The predicted molar refractivity (Wildman–Crippen MR) is 73.5 cm³/mol. The Bertz CT molecular complexity index is 492. The molecule has 2 aliphatic rings. The number of piperidine rings is 1.